The fourth-order valence-corrected chi connectivity index (χ4v) is 2.06. The van der Waals surface area contributed by atoms with Crippen LogP contribution < -0.4 is 0 Å². The molecule has 0 aromatic heterocycles. The molecule has 1 aromatic rings. The first-order chi connectivity index (χ1) is 7.04. The normalized spacial score (nSPS) is 26.1. The highest BCUT2D eigenvalue weighted by Crippen LogP contribution is 2.35. The Bertz CT molecular complexity index is 402. The van der Waals surface area contributed by atoms with Crippen molar-refractivity contribution in [3.8, 4) is 0 Å². The van der Waals surface area contributed by atoms with Gasteiger partial charge in [0.25, 0.3) is 0 Å². The summed E-state index contributed by atoms with van der Waals surface area (Å²) in [5.41, 5.74) is 0.785. The van der Waals surface area contributed by atoms with Gasteiger partial charge >= 0.3 is 0 Å². The Kier molecular flexibility index (Phi) is 2.27. The van der Waals surface area contributed by atoms with Gasteiger partial charge in [-0.15, -0.1) is 0 Å². The maximum absolute atomic E-state index is 11.4. The lowest BCUT2D eigenvalue weighted by Crippen LogP contribution is -2.40. The van der Waals surface area contributed by atoms with Crippen LogP contribution in [0.4, 0.5) is 0 Å². The fourth-order valence-electron chi connectivity index (χ4n) is 2.06. The zero-order valence-corrected chi connectivity index (χ0v) is 9.03. The summed E-state index contributed by atoms with van der Waals surface area (Å²) >= 11 is 0. The van der Waals surface area contributed by atoms with E-state index < -0.39 is 5.72 Å². The number of likely N-dealkylation sites (tertiary alicyclic amines) is 1. The Morgan fingerprint density at radius 2 is 2.20 bits per heavy atom. The van der Waals surface area contributed by atoms with Crippen LogP contribution in [-0.2, 0) is 10.5 Å². The molecular weight excluding hydrogens is 190 g/mol. The molecule has 0 radical (unpaired) electrons. The molecule has 0 spiro atoms. The molecule has 1 aliphatic rings. The van der Waals surface area contributed by atoms with Gasteiger partial charge < -0.3 is 10.0 Å². The lowest BCUT2D eigenvalue weighted by molar-refractivity contribution is -0.142. The Morgan fingerprint density at radius 3 is 2.73 bits per heavy atom. The predicted octanol–water partition coefficient (Wildman–Crippen LogP) is 1.39. The minimum absolute atomic E-state index is 0.000920. The molecule has 0 saturated carbocycles. The van der Waals surface area contributed by atoms with Crippen molar-refractivity contribution < 1.29 is 9.90 Å². The molecule has 1 aliphatic heterocycles. The SMILES string of the molecule is Cc1cccc(C2(O)CCC(=O)N2C)c1. The highest BCUT2D eigenvalue weighted by atomic mass is 16.3. The van der Waals surface area contributed by atoms with E-state index in [1.54, 1.807) is 7.05 Å². The summed E-state index contributed by atoms with van der Waals surface area (Å²) in [5.74, 6) is -0.000920. The van der Waals surface area contributed by atoms with E-state index in [1.807, 2.05) is 31.2 Å². The molecule has 1 fully saturated rings. The van der Waals surface area contributed by atoms with Gasteiger partial charge in [0, 0.05) is 25.5 Å². The van der Waals surface area contributed by atoms with Crippen LogP contribution in [0.15, 0.2) is 24.3 Å². The predicted molar refractivity (Wildman–Crippen MR) is 57.1 cm³/mol. The second kappa shape index (κ2) is 3.35. The third kappa shape index (κ3) is 1.53. The summed E-state index contributed by atoms with van der Waals surface area (Å²) in [6, 6.07) is 7.67. The molecule has 3 nitrogen and oxygen atoms in total. The summed E-state index contributed by atoms with van der Waals surface area (Å²) < 4.78 is 0. The number of rotatable bonds is 1. The van der Waals surface area contributed by atoms with Crippen molar-refractivity contribution in [1.29, 1.82) is 0 Å². The summed E-state index contributed by atoms with van der Waals surface area (Å²) in [6.45, 7) is 1.98. The van der Waals surface area contributed by atoms with Crippen molar-refractivity contribution in [1.82, 2.24) is 4.90 Å². The van der Waals surface area contributed by atoms with Crippen LogP contribution in [0, 0.1) is 6.92 Å². The zero-order chi connectivity index (χ0) is 11.1. The topological polar surface area (TPSA) is 40.5 Å². The van der Waals surface area contributed by atoms with Gasteiger partial charge in [0.2, 0.25) is 5.91 Å². The molecule has 0 aliphatic carbocycles. The molecule has 1 saturated heterocycles. The van der Waals surface area contributed by atoms with Crippen LogP contribution in [0.3, 0.4) is 0 Å². The number of nitrogens with zero attached hydrogens (tertiary/aromatic N) is 1. The van der Waals surface area contributed by atoms with Gasteiger partial charge in [-0.3, -0.25) is 4.79 Å². The third-order valence-electron chi connectivity index (χ3n) is 3.10. The standard InChI is InChI=1S/C12H15NO2/c1-9-4-3-5-10(8-9)12(15)7-6-11(14)13(12)2/h3-5,8,15H,6-7H2,1-2H3. The minimum Gasteiger partial charge on any atom is -0.367 e. The molecule has 80 valence electrons. The van der Waals surface area contributed by atoms with Crippen molar-refractivity contribution in [2.24, 2.45) is 0 Å². The molecule has 1 amide bonds. The van der Waals surface area contributed by atoms with Crippen molar-refractivity contribution in [3.05, 3.63) is 35.4 Å². The van der Waals surface area contributed by atoms with Crippen molar-refractivity contribution >= 4 is 5.91 Å². The van der Waals surface area contributed by atoms with E-state index in [1.165, 1.54) is 4.90 Å². The first-order valence-corrected chi connectivity index (χ1v) is 5.10. The monoisotopic (exact) mass is 205 g/mol. The lowest BCUT2D eigenvalue weighted by atomic mass is 9.99. The van der Waals surface area contributed by atoms with Crippen molar-refractivity contribution in [2.75, 3.05) is 7.05 Å². The highest BCUT2D eigenvalue weighted by molar-refractivity contribution is 5.79. The van der Waals surface area contributed by atoms with E-state index in [9.17, 15) is 9.90 Å². The van der Waals surface area contributed by atoms with Crippen LogP contribution in [0.25, 0.3) is 0 Å². The summed E-state index contributed by atoms with van der Waals surface area (Å²) in [5, 5.41) is 10.4. The Balaban J connectivity index is 2.42. The second-order valence-electron chi connectivity index (χ2n) is 4.14. The van der Waals surface area contributed by atoms with E-state index >= 15 is 0 Å². The molecular formula is C12H15NO2. The van der Waals surface area contributed by atoms with Crippen molar-refractivity contribution in [2.45, 2.75) is 25.5 Å². The maximum Gasteiger partial charge on any atom is 0.225 e. The van der Waals surface area contributed by atoms with Gasteiger partial charge in [0.15, 0.2) is 5.72 Å². The number of benzene rings is 1. The van der Waals surface area contributed by atoms with Gasteiger partial charge in [-0.25, -0.2) is 0 Å². The number of aryl methyl sites for hydroxylation is 1. The largest absolute Gasteiger partial charge is 0.367 e. The van der Waals surface area contributed by atoms with Crippen LogP contribution in [0.2, 0.25) is 0 Å². The molecule has 1 heterocycles. The molecule has 1 aromatic carbocycles. The average molecular weight is 205 g/mol. The first kappa shape index (κ1) is 10.2. The van der Waals surface area contributed by atoms with Crippen LogP contribution in [-0.4, -0.2) is 23.0 Å². The molecule has 1 N–H and O–H groups in total. The minimum atomic E-state index is -1.11. The van der Waals surface area contributed by atoms with E-state index in [0.717, 1.165) is 11.1 Å². The molecule has 2 rings (SSSR count). The van der Waals surface area contributed by atoms with Gasteiger partial charge in [0.05, 0.1) is 0 Å². The van der Waals surface area contributed by atoms with E-state index in [0.29, 0.717) is 12.8 Å². The van der Waals surface area contributed by atoms with Crippen LogP contribution in [0.1, 0.15) is 24.0 Å². The number of hydrogen-bond acceptors (Lipinski definition) is 2. The van der Waals surface area contributed by atoms with Crippen LogP contribution in [0.5, 0.6) is 0 Å². The highest BCUT2D eigenvalue weighted by Gasteiger charge is 2.42. The number of carbonyl (C=O) groups is 1. The zero-order valence-electron chi connectivity index (χ0n) is 9.03. The number of hydrogen-bond donors (Lipinski definition) is 1. The lowest BCUT2D eigenvalue weighted by Gasteiger charge is -2.31. The summed E-state index contributed by atoms with van der Waals surface area (Å²) in [6.07, 6.45) is 0.896. The third-order valence-corrected chi connectivity index (χ3v) is 3.10. The molecule has 0 bridgehead atoms. The quantitative estimate of drug-likeness (QED) is 0.752. The smallest absolute Gasteiger partial charge is 0.225 e. The molecule has 1 atom stereocenters. The second-order valence-corrected chi connectivity index (χ2v) is 4.14. The molecule has 3 heteroatoms. The van der Waals surface area contributed by atoms with Crippen LogP contribution >= 0.6 is 0 Å². The molecule has 15 heavy (non-hydrogen) atoms. The molecule has 1 unspecified atom stereocenters. The summed E-state index contributed by atoms with van der Waals surface area (Å²) in [4.78, 5) is 12.8. The van der Waals surface area contributed by atoms with E-state index in [-0.39, 0.29) is 5.91 Å². The Hall–Kier alpha value is -1.35. The van der Waals surface area contributed by atoms with Gasteiger partial charge in [-0.05, 0) is 6.92 Å². The average Bonchev–Trinajstić information content (AvgIpc) is 2.48. The Morgan fingerprint density at radius 1 is 1.47 bits per heavy atom. The van der Waals surface area contributed by atoms with Gasteiger partial charge in [-0.1, -0.05) is 29.8 Å². The van der Waals surface area contributed by atoms with E-state index in [2.05, 4.69) is 0 Å². The van der Waals surface area contributed by atoms with Gasteiger partial charge in [-0.2, -0.15) is 0 Å². The number of carbonyl (C=O) groups excluding carboxylic acids is 1. The van der Waals surface area contributed by atoms with E-state index in [4.69, 9.17) is 0 Å². The first-order valence-electron chi connectivity index (χ1n) is 5.10. The van der Waals surface area contributed by atoms with Gasteiger partial charge in [0.1, 0.15) is 0 Å². The van der Waals surface area contributed by atoms with Crippen molar-refractivity contribution in [3.63, 3.8) is 0 Å². The summed E-state index contributed by atoms with van der Waals surface area (Å²) in [7, 11) is 1.65. The fraction of sp³-hybridized carbons (Fsp3) is 0.417. The maximum atomic E-state index is 11.4. The Labute approximate surface area is 89.3 Å². The number of aliphatic hydroxyl groups is 1. The number of amides is 1.